The average Bonchev–Trinajstić information content (AvgIpc) is 2.64. The molecule has 3 unspecified atom stereocenters. The lowest BCUT2D eigenvalue weighted by molar-refractivity contribution is 0.399. The Balaban J connectivity index is 1.92. The molecule has 0 heterocycles. The highest BCUT2D eigenvalue weighted by Crippen LogP contribution is 2.27. The van der Waals surface area contributed by atoms with Crippen LogP contribution in [0.4, 0.5) is 0 Å². The summed E-state index contributed by atoms with van der Waals surface area (Å²) in [5, 5.41) is 3.86. The van der Waals surface area contributed by atoms with Gasteiger partial charge in [-0.05, 0) is 50.2 Å². The molecule has 0 spiro atoms. The van der Waals surface area contributed by atoms with Crippen LogP contribution < -0.4 is 5.32 Å². The predicted molar refractivity (Wildman–Crippen MR) is 83.4 cm³/mol. The Bertz CT molecular complexity index is 385. The second-order valence-electron chi connectivity index (χ2n) is 6.22. The van der Waals surface area contributed by atoms with E-state index in [1.807, 2.05) is 0 Å². The van der Waals surface area contributed by atoms with Gasteiger partial charge < -0.3 is 5.32 Å². The van der Waals surface area contributed by atoms with Gasteiger partial charge in [0.05, 0.1) is 0 Å². The Hall–Kier alpha value is -0.820. The van der Waals surface area contributed by atoms with E-state index in [2.05, 4.69) is 50.4 Å². The zero-order valence-electron chi connectivity index (χ0n) is 12.8. The summed E-state index contributed by atoms with van der Waals surface area (Å²) in [7, 11) is 0. The third-order valence-electron chi connectivity index (χ3n) is 4.81. The number of nitrogens with one attached hydrogen (secondary N) is 1. The Labute approximate surface area is 118 Å². The van der Waals surface area contributed by atoms with E-state index in [-0.39, 0.29) is 0 Å². The lowest BCUT2D eigenvalue weighted by atomic mass is 9.97. The van der Waals surface area contributed by atoms with Crippen molar-refractivity contribution in [3.05, 3.63) is 35.4 Å². The topological polar surface area (TPSA) is 12.0 Å². The van der Waals surface area contributed by atoms with Crippen LogP contribution in [0.25, 0.3) is 0 Å². The molecule has 1 aliphatic carbocycles. The van der Waals surface area contributed by atoms with Gasteiger partial charge in [0, 0.05) is 12.1 Å². The van der Waals surface area contributed by atoms with Crippen molar-refractivity contribution in [1.29, 1.82) is 0 Å². The highest BCUT2D eigenvalue weighted by Gasteiger charge is 2.19. The van der Waals surface area contributed by atoms with Crippen LogP contribution in [-0.4, -0.2) is 6.04 Å². The largest absolute Gasteiger partial charge is 0.307 e. The monoisotopic (exact) mass is 259 g/mol. The van der Waals surface area contributed by atoms with Gasteiger partial charge in [0.25, 0.3) is 0 Å². The molecule has 1 aromatic rings. The minimum atomic E-state index is 0.476. The Morgan fingerprint density at radius 2 is 1.95 bits per heavy atom. The third-order valence-corrected chi connectivity index (χ3v) is 4.81. The van der Waals surface area contributed by atoms with E-state index in [4.69, 9.17) is 0 Å². The van der Waals surface area contributed by atoms with Crippen molar-refractivity contribution in [2.45, 2.75) is 71.4 Å². The summed E-state index contributed by atoms with van der Waals surface area (Å²) in [4.78, 5) is 0. The maximum absolute atomic E-state index is 3.86. The molecule has 0 amide bonds. The number of aryl methyl sites for hydroxylation is 1. The van der Waals surface area contributed by atoms with Crippen LogP contribution in [0.2, 0.25) is 0 Å². The molecule has 1 heteroatoms. The first-order valence-corrected chi connectivity index (χ1v) is 8.02. The second-order valence-corrected chi connectivity index (χ2v) is 6.22. The molecular formula is C18H29N. The van der Waals surface area contributed by atoms with Gasteiger partial charge in [0.15, 0.2) is 0 Å². The van der Waals surface area contributed by atoms with Gasteiger partial charge in [0.1, 0.15) is 0 Å². The molecule has 0 saturated heterocycles. The molecule has 19 heavy (non-hydrogen) atoms. The smallest absolute Gasteiger partial charge is 0.0296 e. The van der Waals surface area contributed by atoms with Crippen molar-refractivity contribution in [3.8, 4) is 0 Å². The van der Waals surface area contributed by atoms with Gasteiger partial charge in [-0.1, -0.05) is 50.5 Å². The van der Waals surface area contributed by atoms with E-state index in [1.54, 1.807) is 0 Å². The van der Waals surface area contributed by atoms with Gasteiger partial charge in [-0.25, -0.2) is 0 Å². The first kappa shape index (κ1) is 14.6. The summed E-state index contributed by atoms with van der Waals surface area (Å²) < 4.78 is 0. The van der Waals surface area contributed by atoms with Gasteiger partial charge in [-0.2, -0.15) is 0 Å². The van der Waals surface area contributed by atoms with Crippen molar-refractivity contribution in [1.82, 2.24) is 5.32 Å². The quantitative estimate of drug-likeness (QED) is 0.750. The second kappa shape index (κ2) is 7.09. The molecule has 2 rings (SSSR count). The number of hydrogen-bond donors (Lipinski definition) is 1. The number of benzene rings is 1. The lowest BCUT2D eigenvalue weighted by Gasteiger charge is -2.23. The molecule has 1 aromatic carbocycles. The fourth-order valence-electron chi connectivity index (χ4n) is 3.47. The first-order chi connectivity index (χ1) is 9.20. The summed E-state index contributed by atoms with van der Waals surface area (Å²) in [6.07, 6.45) is 8.32. The minimum absolute atomic E-state index is 0.476. The fraction of sp³-hybridized carbons (Fsp3) is 0.667. The van der Waals surface area contributed by atoms with E-state index in [9.17, 15) is 0 Å². The van der Waals surface area contributed by atoms with Crippen LogP contribution in [0.3, 0.4) is 0 Å². The SMILES string of the molecule is CCC1CCCC(NC(C)c2ccccc2C)CC1. The van der Waals surface area contributed by atoms with Crippen LogP contribution in [0.1, 0.15) is 69.5 Å². The molecule has 106 valence electrons. The van der Waals surface area contributed by atoms with Crippen LogP contribution >= 0.6 is 0 Å². The molecule has 0 radical (unpaired) electrons. The van der Waals surface area contributed by atoms with Gasteiger partial charge in [0.2, 0.25) is 0 Å². The van der Waals surface area contributed by atoms with Crippen molar-refractivity contribution >= 4 is 0 Å². The average molecular weight is 259 g/mol. The highest BCUT2D eigenvalue weighted by molar-refractivity contribution is 5.28. The minimum Gasteiger partial charge on any atom is -0.307 e. The molecule has 1 nitrogen and oxygen atoms in total. The van der Waals surface area contributed by atoms with Crippen molar-refractivity contribution in [3.63, 3.8) is 0 Å². The van der Waals surface area contributed by atoms with E-state index < -0.39 is 0 Å². The van der Waals surface area contributed by atoms with E-state index in [1.165, 1.54) is 49.7 Å². The van der Waals surface area contributed by atoms with E-state index in [0.29, 0.717) is 12.1 Å². The summed E-state index contributed by atoms with van der Waals surface area (Å²) in [6, 6.07) is 9.95. The summed E-state index contributed by atoms with van der Waals surface area (Å²) >= 11 is 0. The Morgan fingerprint density at radius 3 is 2.68 bits per heavy atom. The van der Waals surface area contributed by atoms with Crippen LogP contribution in [0, 0.1) is 12.8 Å². The molecular weight excluding hydrogens is 230 g/mol. The number of rotatable bonds is 4. The zero-order valence-corrected chi connectivity index (χ0v) is 12.8. The van der Waals surface area contributed by atoms with Crippen LogP contribution in [0.5, 0.6) is 0 Å². The molecule has 1 fully saturated rings. The Kier molecular flexibility index (Phi) is 5.45. The van der Waals surface area contributed by atoms with Gasteiger partial charge in [-0.3, -0.25) is 0 Å². The standard InChI is InChI=1S/C18H29N/c1-4-16-9-7-10-17(13-12-16)19-15(3)18-11-6-5-8-14(18)2/h5-6,8,11,15-17,19H,4,7,9-10,12-13H2,1-3H3. The van der Waals surface area contributed by atoms with Crippen molar-refractivity contribution in [2.75, 3.05) is 0 Å². The summed E-state index contributed by atoms with van der Waals surface area (Å²) in [5.74, 6) is 0.973. The van der Waals surface area contributed by atoms with E-state index in [0.717, 1.165) is 5.92 Å². The highest BCUT2D eigenvalue weighted by atomic mass is 14.9. The third kappa shape index (κ3) is 4.07. The summed E-state index contributed by atoms with van der Waals surface area (Å²) in [5.41, 5.74) is 2.86. The fourth-order valence-corrected chi connectivity index (χ4v) is 3.47. The Morgan fingerprint density at radius 1 is 1.16 bits per heavy atom. The van der Waals surface area contributed by atoms with Crippen molar-refractivity contribution in [2.24, 2.45) is 5.92 Å². The van der Waals surface area contributed by atoms with E-state index >= 15 is 0 Å². The molecule has 0 bridgehead atoms. The first-order valence-electron chi connectivity index (χ1n) is 8.02. The molecule has 1 N–H and O–H groups in total. The summed E-state index contributed by atoms with van der Waals surface area (Å²) in [6.45, 7) is 6.87. The molecule has 0 aromatic heterocycles. The number of hydrogen-bond acceptors (Lipinski definition) is 1. The normalized spacial score (nSPS) is 25.8. The van der Waals surface area contributed by atoms with Crippen LogP contribution in [-0.2, 0) is 0 Å². The van der Waals surface area contributed by atoms with Gasteiger partial charge in [-0.15, -0.1) is 0 Å². The maximum atomic E-state index is 3.86. The van der Waals surface area contributed by atoms with Crippen molar-refractivity contribution < 1.29 is 0 Å². The van der Waals surface area contributed by atoms with Gasteiger partial charge >= 0.3 is 0 Å². The van der Waals surface area contributed by atoms with Crippen LogP contribution in [0.15, 0.2) is 24.3 Å². The predicted octanol–water partition coefficient (Wildman–Crippen LogP) is 5.00. The maximum Gasteiger partial charge on any atom is 0.0296 e. The zero-order chi connectivity index (χ0) is 13.7. The molecule has 3 atom stereocenters. The molecule has 1 saturated carbocycles. The lowest BCUT2D eigenvalue weighted by Crippen LogP contribution is -2.31. The molecule has 0 aliphatic heterocycles. The molecule has 1 aliphatic rings.